The Balaban J connectivity index is 1.85. The topological polar surface area (TPSA) is 46.3 Å². The number of amides is 1. The van der Waals surface area contributed by atoms with E-state index in [0.29, 0.717) is 19.5 Å². The second kappa shape index (κ2) is 9.80. The van der Waals surface area contributed by atoms with Crippen molar-refractivity contribution in [3.8, 4) is 0 Å². The van der Waals surface area contributed by atoms with Gasteiger partial charge in [0.15, 0.2) is 0 Å². The van der Waals surface area contributed by atoms with E-state index in [1.807, 2.05) is 41.3 Å². The minimum Gasteiger partial charge on any atom is -0.338 e. The smallest absolute Gasteiger partial charge is 0.222 e. The predicted octanol–water partition coefficient (Wildman–Crippen LogP) is 3.39. The molecule has 0 radical (unpaired) electrons. The zero-order valence-electron chi connectivity index (χ0n) is 13.7. The van der Waals surface area contributed by atoms with Gasteiger partial charge < -0.3 is 10.6 Å². The van der Waals surface area contributed by atoms with Crippen molar-refractivity contribution >= 4 is 5.91 Å². The van der Waals surface area contributed by atoms with Gasteiger partial charge in [0.2, 0.25) is 5.91 Å². The van der Waals surface area contributed by atoms with Gasteiger partial charge in [0.1, 0.15) is 0 Å². The van der Waals surface area contributed by atoms with Crippen molar-refractivity contribution in [3.05, 3.63) is 71.8 Å². The van der Waals surface area contributed by atoms with E-state index in [1.54, 1.807) is 0 Å². The van der Waals surface area contributed by atoms with Gasteiger partial charge in [-0.05, 0) is 36.9 Å². The van der Waals surface area contributed by atoms with Crippen molar-refractivity contribution in [2.24, 2.45) is 5.73 Å². The molecular formula is C20H26N2O. The van der Waals surface area contributed by atoms with E-state index in [4.69, 9.17) is 5.73 Å². The Morgan fingerprint density at radius 3 is 2.09 bits per heavy atom. The number of carbonyl (C=O) groups is 1. The third kappa shape index (κ3) is 6.25. The summed E-state index contributed by atoms with van der Waals surface area (Å²) in [6, 6.07) is 20.5. The van der Waals surface area contributed by atoms with Gasteiger partial charge in [0.25, 0.3) is 0 Å². The van der Waals surface area contributed by atoms with Crippen LogP contribution in [-0.2, 0) is 17.8 Å². The molecule has 0 aliphatic rings. The van der Waals surface area contributed by atoms with Gasteiger partial charge in [-0.3, -0.25) is 4.79 Å². The number of hydrogen-bond acceptors (Lipinski definition) is 2. The normalized spacial score (nSPS) is 10.5. The van der Waals surface area contributed by atoms with Crippen molar-refractivity contribution in [2.45, 2.75) is 32.2 Å². The Morgan fingerprint density at radius 1 is 0.870 bits per heavy atom. The van der Waals surface area contributed by atoms with Crippen LogP contribution in [0.15, 0.2) is 60.7 Å². The first-order chi connectivity index (χ1) is 11.3. The van der Waals surface area contributed by atoms with E-state index in [9.17, 15) is 4.79 Å². The molecule has 0 unspecified atom stereocenters. The summed E-state index contributed by atoms with van der Waals surface area (Å²) in [6.45, 7) is 2.02. The SMILES string of the molecule is NCCCN(Cc1ccccc1)C(=O)CCCc1ccccc1. The molecule has 0 heterocycles. The fraction of sp³-hybridized carbons (Fsp3) is 0.350. The third-order valence-electron chi connectivity index (χ3n) is 3.90. The number of carbonyl (C=O) groups excluding carboxylic acids is 1. The molecule has 23 heavy (non-hydrogen) atoms. The molecule has 0 saturated heterocycles. The summed E-state index contributed by atoms with van der Waals surface area (Å²) in [5.41, 5.74) is 8.06. The number of hydrogen-bond donors (Lipinski definition) is 1. The van der Waals surface area contributed by atoms with E-state index in [0.717, 1.165) is 25.8 Å². The van der Waals surface area contributed by atoms with E-state index in [-0.39, 0.29) is 5.91 Å². The summed E-state index contributed by atoms with van der Waals surface area (Å²) >= 11 is 0. The molecule has 2 aromatic carbocycles. The van der Waals surface area contributed by atoms with Gasteiger partial charge in [0, 0.05) is 19.5 Å². The molecule has 3 heteroatoms. The molecule has 0 saturated carbocycles. The highest BCUT2D eigenvalue weighted by molar-refractivity contribution is 5.76. The Morgan fingerprint density at radius 2 is 1.48 bits per heavy atom. The molecular weight excluding hydrogens is 284 g/mol. The number of benzene rings is 2. The first-order valence-electron chi connectivity index (χ1n) is 8.35. The summed E-state index contributed by atoms with van der Waals surface area (Å²) in [6.07, 6.45) is 3.27. The van der Waals surface area contributed by atoms with Crippen molar-refractivity contribution in [1.29, 1.82) is 0 Å². The zero-order valence-corrected chi connectivity index (χ0v) is 13.7. The van der Waals surface area contributed by atoms with Crippen LogP contribution in [0.25, 0.3) is 0 Å². The molecule has 122 valence electrons. The van der Waals surface area contributed by atoms with Crippen molar-refractivity contribution in [1.82, 2.24) is 4.90 Å². The quantitative estimate of drug-likeness (QED) is 0.771. The monoisotopic (exact) mass is 310 g/mol. The Hall–Kier alpha value is -2.13. The third-order valence-corrected chi connectivity index (χ3v) is 3.90. The lowest BCUT2D eigenvalue weighted by molar-refractivity contribution is -0.132. The van der Waals surface area contributed by atoms with Crippen LogP contribution in [0.4, 0.5) is 0 Å². The van der Waals surface area contributed by atoms with Crippen LogP contribution in [0.5, 0.6) is 0 Å². The predicted molar refractivity (Wildman–Crippen MR) is 94.9 cm³/mol. The van der Waals surface area contributed by atoms with E-state index < -0.39 is 0 Å². The minimum absolute atomic E-state index is 0.221. The Labute approximate surface area is 139 Å². The van der Waals surface area contributed by atoms with Gasteiger partial charge in [-0.25, -0.2) is 0 Å². The molecule has 2 N–H and O–H groups in total. The lowest BCUT2D eigenvalue weighted by Crippen LogP contribution is -2.32. The van der Waals surface area contributed by atoms with Crippen LogP contribution >= 0.6 is 0 Å². The summed E-state index contributed by atoms with van der Waals surface area (Å²) in [4.78, 5) is 14.5. The summed E-state index contributed by atoms with van der Waals surface area (Å²) in [7, 11) is 0. The first-order valence-corrected chi connectivity index (χ1v) is 8.35. The van der Waals surface area contributed by atoms with E-state index in [2.05, 4.69) is 24.3 Å². The van der Waals surface area contributed by atoms with E-state index >= 15 is 0 Å². The second-order valence-electron chi connectivity index (χ2n) is 5.78. The van der Waals surface area contributed by atoms with Crippen molar-refractivity contribution < 1.29 is 4.79 Å². The van der Waals surface area contributed by atoms with Crippen molar-refractivity contribution in [3.63, 3.8) is 0 Å². The lowest BCUT2D eigenvalue weighted by Gasteiger charge is -2.23. The standard InChI is InChI=1S/C20H26N2O/c21-15-8-16-22(17-19-11-5-2-6-12-19)20(23)14-7-13-18-9-3-1-4-10-18/h1-6,9-12H,7-8,13-17,21H2. The average molecular weight is 310 g/mol. The van der Waals surface area contributed by atoms with Crippen LogP contribution in [0.3, 0.4) is 0 Å². The highest BCUT2D eigenvalue weighted by Gasteiger charge is 2.13. The van der Waals surface area contributed by atoms with Gasteiger partial charge in [-0.2, -0.15) is 0 Å². The molecule has 0 aliphatic carbocycles. The molecule has 0 aromatic heterocycles. The van der Waals surface area contributed by atoms with Crippen molar-refractivity contribution in [2.75, 3.05) is 13.1 Å². The maximum atomic E-state index is 12.5. The fourth-order valence-corrected chi connectivity index (χ4v) is 2.62. The van der Waals surface area contributed by atoms with Crippen LogP contribution < -0.4 is 5.73 Å². The maximum absolute atomic E-state index is 12.5. The molecule has 0 atom stereocenters. The molecule has 0 fully saturated rings. The van der Waals surface area contributed by atoms with Crippen LogP contribution in [-0.4, -0.2) is 23.9 Å². The summed E-state index contributed by atoms with van der Waals surface area (Å²) < 4.78 is 0. The number of nitrogens with zero attached hydrogens (tertiary/aromatic N) is 1. The second-order valence-corrected chi connectivity index (χ2v) is 5.78. The highest BCUT2D eigenvalue weighted by atomic mass is 16.2. The zero-order chi connectivity index (χ0) is 16.3. The largest absolute Gasteiger partial charge is 0.338 e. The van der Waals surface area contributed by atoms with Gasteiger partial charge in [-0.1, -0.05) is 60.7 Å². The lowest BCUT2D eigenvalue weighted by atomic mass is 10.1. The average Bonchev–Trinajstić information content (AvgIpc) is 2.60. The highest BCUT2D eigenvalue weighted by Crippen LogP contribution is 2.10. The molecule has 1 amide bonds. The maximum Gasteiger partial charge on any atom is 0.222 e. The van der Waals surface area contributed by atoms with Crippen LogP contribution in [0, 0.1) is 0 Å². The molecule has 2 aromatic rings. The van der Waals surface area contributed by atoms with Gasteiger partial charge >= 0.3 is 0 Å². The Kier molecular flexibility index (Phi) is 7.34. The molecule has 0 aliphatic heterocycles. The number of nitrogens with two attached hydrogens (primary N) is 1. The minimum atomic E-state index is 0.221. The number of aryl methyl sites for hydroxylation is 1. The summed E-state index contributed by atoms with van der Waals surface area (Å²) in [5.74, 6) is 0.221. The molecule has 0 bridgehead atoms. The molecule has 0 spiro atoms. The van der Waals surface area contributed by atoms with Crippen LogP contribution in [0.2, 0.25) is 0 Å². The van der Waals surface area contributed by atoms with Crippen LogP contribution in [0.1, 0.15) is 30.4 Å². The first kappa shape index (κ1) is 17.2. The fourth-order valence-electron chi connectivity index (χ4n) is 2.62. The Bertz CT molecular complexity index is 569. The summed E-state index contributed by atoms with van der Waals surface area (Å²) in [5, 5.41) is 0. The number of rotatable bonds is 9. The molecule has 2 rings (SSSR count). The molecule has 3 nitrogen and oxygen atoms in total. The van der Waals surface area contributed by atoms with E-state index in [1.165, 1.54) is 11.1 Å². The van der Waals surface area contributed by atoms with Gasteiger partial charge in [0.05, 0.1) is 0 Å². The van der Waals surface area contributed by atoms with Gasteiger partial charge in [-0.15, -0.1) is 0 Å².